The second-order valence-corrected chi connectivity index (χ2v) is 8.41. The Bertz CT molecular complexity index is 1530. The van der Waals surface area contributed by atoms with Gasteiger partial charge in [0.2, 0.25) is 11.7 Å². The SMILES string of the molecule is COCC1=NC(c2ccc3nnc(C(F)(F)c4ccc5nc(NC(=O)C6CC6)cn5n4)n3c2)=NC1. The maximum atomic E-state index is 15.6. The molecule has 1 amide bonds. The van der Waals surface area contributed by atoms with Crippen molar-refractivity contribution in [1.29, 1.82) is 0 Å². The number of pyridine rings is 1. The molecule has 6 rings (SSSR count). The molecule has 1 saturated carbocycles. The number of amides is 1. The van der Waals surface area contributed by atoms with Crippen LogP contribution in [0.2, 0.25) is 0 Å². The van der Waals surface area contributed by atoms with Crippen LogP contribution in [0, 0.1) is 5.92 Å². The summed E-state index contributed by atoms with van der Waals surface area (Å²) in [4.78, 5) is 25.0. The monoisotopic (exact) mass is 479 g/mol. The number of halogens is 2. The molecule has 1 aliphatic carbocycles. The lowest BCUT2D eigenvalue weighted by molar-refractivity contribution is -0.117. The molecule has 35 heavy (non-hydrogen) atoms. The molecule has 0 bridgehead atoms. The molecule has 5 heterocycles. The number of aliphatic imine (C=N–C) groups is 2. The third-order valence-corrected chi connectivity index (χ3v) is 5.77. The van der Waals surface area contributed by atoms with Crippen LogP contribution in [0.4, 0.5) is 14.6 Å². The lowest BCUT2D eigenvalue weighted by Crippen LogP contribution is -2.22. The Balaban J connectivity index is 1.33. The summed E-state index contributed by atoms with van der Waals surface area (Å²) in [5.41, 5.74) is 1.34. The number of hydrogen-bond donors (Lipinski definition) is 1. The molecule has 4 aromatic rings. The van der Waals surface area contributed by atoms with Crippen molar-refractivity contribution in [2.24, 2.45) is 15.9 Å². The van der Waals surface area contributed by atoms with E-state index in [0.717, 1.165) is 18.6 Å². The second-order valence-electron chi connectivity index (χ2n) is 8.41. The second kappa shape index (κ2) is 7.98. The van der Waals surface area contributed by atoms with E-state index in [9.17, 15) is 4.79 Å². The van der Waals surface area contributed by atoms with Gasteiger partial charge in [-0.25, -0.2) is 14.5 Å². The van der Waals surface area contributed by atoms with Gasteiger partial charge >= 0.3 is 5.92 Å². The quantitative estimate of drug-likeness (QED) is 0.433. The fourth-order valence-corrected chi connectivity index (χ4v) is 3.82. The van der Waals surface area contributed by atoms with Crippen LogP contribution in [0.5, 0.6) is 0 Å². The molecule has 1 N–H and O–H groups in total. The first kappa shape index (κ1) is 21.4. The minimum atomic E-state index is -3.57. The number of amidine groups is 1. The molecule has 0 aromatic carbocycles. The van der Waals surface area contributed by atoms with Crippen LogP contribution in [0.25, 0.3) is 11.3 Å². The first-order chi connectivity index (χ1) is 16.9. The summed E-state index contributed by atoms with van der Waals surface area (Å²) in [6.07, 6.45) is 4.58. The number of imidazole rings is 1. The molecule has 0 saturated heterocycles. The number of nitrogens with one attached hydrogen (secondary N) is 1. The van der Waals surface area contributed by atoms with Gasteiger partial charge in [0.25, 0.3) is 0 Å². The van der Waals surface area contributed by atoms with Crippen molar-refractivity contribution in [3.63, 3.8) is 0 Å². The van der Waals surface area contributed by atoms with Crippen molar-refractivity contribution in [1.82, 2.24) is 29.2 Å². The van der Waals surface area contributed by atoms with Gasteiger partial charge in [-0.05, 0) is 37.1 Å². The summed E-state index contributed by atoms with van der Waals surface area (Å²) in [5, 5.41) is 14.4. The Morgan fingerprint density at radius 1 is 1.17 bits per heavy atom. The summed E-state index contributed by atoms with van der Waals surface area (Å²) < 4.78 is 38.7. The van der Waals surface area contributed by atoms with E-state index < -0.39 is 17.4 Å². The van der Waals surface area contributed by atoms with Gasteiger partial charge in [0, 0.05) is 24.8 Å². The highest BCUT2D eigenvalue weighted by Crippen LogP contribution is 2.34. The van der Waals surface area contributed by atoms with Crippen LogP contribution in [-0.4, -0.2) is 66.9 Å². The van der Waals surface area contributed by atoms with Crippen LogP contribution in [0.15, 0.2) is 46.6 Å². The number of fused-ring (bicyclic) bond motifs is 2. The Labute approximate surface area is 196 Å². The maximum absolute atomic E-state index is 15.6. The van der Waals surface area contributed by atoms with Crippen molar-refractivity contribution in [2.75, 3.05) is 25.6 Å². The van der Waals surface area contributed by atoms with E-state index >= 15 is 8.78 Å². The fourth-order valence-electron chi connectivity index (χ4n) is 3.82. The molecule has 0 radical (unpaired) electrons. The van der Waals surface area contributed by atoms with Gasteiger partial charge in [-0.1, -0.05) is 0 Å². The van der Waals surface area contributed by atoms with Crippen molar-refractivity contribution in [3.05, 3.63) is 53.7 Å². The molecular weight excluding hydrogens is 460 g/mol. The summed E-state index contributed by atoms with van der Waals surface area (Å²) in [6, 6.07) is 5.88. The van der Waals surface area contributed by atoms with E-state index in [1.54, 1.807) is 19.2 Å². The molecule has 11 nitrogen and oxygen atoms in total. The molecule has 178 valence electrons. The van der Waals surface area contributed by atoms with Crippen LogP contribution in [0.1, 0.15) is 29.9 Å². The van der Waals surface area contributed by atoms with Crippen molar-refractivity contribution < 1.29 is 18.3 Å². The zero-order valence-corrected chi connectivity index (χ0v) is 18.5. The topological polar surface area (TPSA) is 123 Å². The number of anilines is 1. The van der Waals surface area contributed by atoms with Crippen LogP contribution in [0.3, 0.4) is 0 Å². The summed E-state index contributed by atoms with van der Waals surface area (Å²) >= 11 is 0. The van der Waals surface area contributed by atoms with Gasteiger partial charge in [0.15, 0.2) is 22.9 Å². The van der Waals surface area contributed by atoms with Crippen LogP contribution in [-0.2, 0) is 15.5 Å². The Hall–Kier alpha value is -4.13. The number of carbonyl (C=O) groups excluding carboxylic acids is 1. The lowest BCUT2D eigenvalue weighted by Gasteiger charge is -2.14. The van der Waals surface area contributed by atoms with E-state index in [-0.39, 0.29) is 23.3 Å². The van der Waals surface area contributed by atoms with Gasteiger partial charge < -0.3 is 10.1 Å². The van der Waals surface area contributed by atoms with Gasteiger partial charge in [0.05, 0.1) is 25.1 Å². The largest absolute Gasteiger partial charge is 0.379 e. The molecule has 2 aliphatic rings. The molecule has 0 atom stereocenters. The number of alkyl halides is 2. The Morgan fingerprint density at radius 3 is 2.80 bits per heavy atom. The minimum absolute atomic E-state index is 0.00812. The number of aromatic nitrogens is 6. The number of methoxy groups -OCH3 is 1. The molecule has 1 aliphatic heterocycles. The predicted molar refractivity (Wildman–Crippen MR) is 121 cm³/mol. The van der Waals surface area contributed by atoms with E-state index in [4.69, 9.17) is 4.74 Å². The van der Waals surface area contributed by atoms with E-state index in [1.807, 2.05) is 0 Å². The summed E-state index contributed by atoms with van der Waals surface area (Å²) in [7, 11) is 1.57. The highest BCUT2D eigenvalue weighted by atomic mass is 19.3. The molecule has 13 heteroatoms. The number of ether oxygens (including phenoxy) is 1. The summed E-state index contributed by atoms with van der Waals surface area (Å²) in [5.74, 6) is -3.61. The molecular formula is C22H19F2N9O2. The third kappa shape index (κ3) is 3.83. The number of rotatable bonds is 7. The number of hydrogen-bond acceptors (Lipinski definition) is 8. The van der Waals surface area contributed by atoms with Gasteiger partial charge in [-0.2, -0.15) is 13.9 Å². The number of nitrogens with zero attached hydrogens (tertiary/aromatic N) is 8. The Morgan fingerprint density at radius 2 is 2.00 bits per heavy atom. The zero-order chi connectivity index (χ0) is 24.2. The van der Waals surface area contributed by atoms with E-state index in [0.29, 0.717) is 30.2 Å². The van der Waals surface area contributed by atoms with E-state index in [1.165, 1.54) is 33.4 Å². The lowest BCUT2D eigenvalue weighted by atomic mass is 10.2. The highest BCUT2D eigenvalue weighted by Gasteiger charge is 2.41. The standard InChI is InChI=1S/C22H19F2N9O2/c1-35-11-14-8-25-19(26-14)13-4-6-18-29-30-21(32(18)9-13)22(23,24)15-5-7-17-27-16(10-33(17)31-15)28-20(34)12-2-3-12/h4-7,9-10,12H,2-3,8,11H2,1H3,(H,28,34). The van der Waals surface area contributed by atoms with Gasteiger partial charge in [-0.15, -0.1) is 10.2 Å². The molecule has 1 fully saturated rings. The van der Waals surface area contributed by atoms with Crippen LogP contribution >= 0.6 is 0 Å². The highest BCUT2D eigenvalue weighted by molar-refractivity contribution is 6.12. The van der Waals surface area contributed by atoms with Gasteiger partial charge in [0.1, 0.15) is 5.69 Å². The zero-order valence-electron chi connectivity index (χ0n) is 18.5. The van der Waals surface area contributed by atoms with Gasteiger partial charge in [-0.3, -0.25) is 14.2 Å². The molecule has 0 unspecified atom stereocenters. The third-order valence-electron chi connectivity index (χ3n) is 5.77. The molecule has 0 spiro atoms. The smallest absolute Gasteiger partial charge is 0.350 e. The fraction of sp³-hybridized carbons (Fsp3) is 0.318. The van der Waals surface area contributed by atoms with Crippen molar-refractivity contribution in [2.45, 2.75) is 18.8 Å². The maximum Gasteiger partial charge on any atom is 0.350 e. The normalized spacial score (nSPS) is 16.1. The van der Waals surface area contributed by atoms with Crippen molar-refractivity contribution in [3.8, 4) is 0 Å². The number of carbonyl (C=O) groups is 1. The predicted octanol–water partition coefficient (Wildman–Crippen LogP) is 2.11. The van der Waals surface area contributed by atoms with E-state index in [2.05, 4.69) is 35.6 Å². The van der Waals surface area contributed by atoms with Crippen molar-refractivity contribution >= 4 is 34.6 Å². The first-order valence-corrected chi connectivity index (χ1v) is 10.9. The average molecular weight is 479 g/mol. The average Bonchev–Trinajstić information content (AvgIpc) is 3.25. The molecule has 4 aromatic heterocycles. The minimum Gasteiger partial charge on any atom is -0.379 e. The first-order valence-electron chi connectivity index (χ1n) is 10.9. The Kier molecular flexibility index (Phi) is 4.88. The van der Waals surface area contributed by atoms with Crippen LogP contribution < -0.4 is 5.32 Å². The summed E-state index contributed by atoms with van der Waals surface area (Å²) in [6.45, 7) is 0.740.